The van der Waals surface area contributed by atoms with Crippen molar-refractivity contribution in [2.45, 2.75) is 6.42 Å². The van der Waals surface area contributed by atoms with Crippen LogP contribution in [0.5, 0.6) is 0 Å². The van der Waals surface area contributed by atoms with Gasteiger partial charge in [0.2, 0.25) is 0 Å². The largest absolute Gasteiger partial charge is 0.350 e. The molecule has 4 aromatic rings. The maximum atomic E-state index is 12.3. The molecule has 1 amide bonds. The van der Waals surface area contributed by atoms with Crippen molar-refractivity contribution in [2.75, 3.05) is 6.54 Å². The van der Waals surface area contributed by atoms with E-state index in [-0.39, 0.29) is 5.91 Å². The smallest absolute Gasteiger partial charge is 0.272 e. The molecule has 4 rings (SSSR count). The molecule has 0 aliphatic carbocycles. The lowest BCUT2D eigenvalue weighted by Crippen LogP contribution is -2.26. The van der Waals surface area contributed by atoms with Crippen LogP contribution in [0.25, 0.3) is 16.6 Å². The van der Waals surface area contributed by atoms with Crippen molar-refractivity contribution in [2.24, 2.45) is 0 Å². The Labute approximate surface area is 144 Å². The van der Waals surface area contributed by atoms with Crippen LogP contribution in [0.1, 0.15) is 16.1 Å². The maximum Gasteiger partial charge on any atom is 0.272 e. The fraction of sp³-hybridized carbons (Fsp3) is 0.105. The second-order valence-electron chi connectivity index (χ2n) is 5.74. The zero-order valence-corrected chi connectivity index (χ0v) is 13.5. The number of aromatic amines is 1. The summed E-state index contributed by atoms with van der Waals surface area (Å²) in [7, 11) is 0. The number of H-pyrrole nitrogens is 1. The molecule has 2 N–H and O–H groups in total. The van der Waals surface area contributed by atoms with Gasteiger partial charge in [0.05, 0.1) is 11.2 Å². The average Bonchev–Trinajstić information content (AvgIpc) is 3.32. The highest BCUT2D eigenvalue weighted by Crippen LogP contribution is 2.15. The van der Waals surface area contributed by atoms with E-state index < -0.39 is 0 Å². The molecular formula is C19H17N5O. The second kappa shape index (κ2) is 6.60. The summed E-state index contributed by atoms with van der Waals surface area (Å²) in [5.74, 6) is -0.161. The molecular weight excluding hydrogens is 314 g/mol. The summed E-state index contributed by atoms with van der Waals surface area (Å²) >= 11 is 0. The van der Waals surface area contributed by atoms with Gasteiger partial charge in [-0.2, -0.15) is 10.2 Å². The Kier molecular flexibility index (Phi) is 4.00. The van der Waals surface area contributed by atoms with Crippen molar-refractivity contribution in [3.63, 3.8) is 0 Å². The molecule has 6 heteroatoms. The molecule has 0 unspecified atom stereocenters. The summed E-state index contributed by atoms with van der Waals surface area (Å²) < 4.78 is 1.81. The van der Waals surface area contributed by atoms with Crippen molar-refractivity contribution < 1.29 is 4.79 Å². The molecule has 25 heavy (non-hydrogen) atoms. The Balaban J connectivity index is 1.36. The van der Waals surface area contributed by atoms with Gasteiger partial charge >= 0.3 is 0 Å². The minimum absolute atomic E-state index is 0.161. The standard InChI is InChI=1S/C19H17N5O/c25-19(18-16-4-1-2-5-17(16)22-23-18)20-12-10-14-6-8-15(9-7-14)24-13-3-11-21-24/h1-9,11,13H,10,12H2,(H,20,25)(H,22,23). The van der Waals surface area contributed by atoms with E-state index in [9.17, 15) is 4.79 Å². The van der Waals surface area contributed by atoms with E-state index >= 15 is 0 Å². The Morgan fingerprint density at radius 3 is 2.72 bits per heavy atom. The molecule has 6 nitrogen and oxygen atoms in total. The molecule has 0 aliphatic heterocycles. The van der Waals surface area contributed by atoms with Gasteiger partial charge in [-0.1, -0.05) is 30.3 Å². The number of nitrogens with one attached hydrogen (secondary N) is 2. The third-order valence-electron chi connectivity index (χ3n) is 4.09. The number of aromatic nitrogens is 4. The number of hydrogen-bond acceptors (Lipinski definition) is 3. The molecule has 124 valence electrons. The number of benzene rings is 2. The first kappa shape index (κ1) is 15.1. The lowest BCUT2D eigenvalue weighted by atomic mass is 10.1. The van der Waals surface area contributed by atoms with Crippen molar-refractivity contribution >= 4 is 16.8 Å². The molecule has 0 radical (unpaired) electrons. The highest BCUT2D eigenvalue weighted by Gasteiger charge is 2.12. The normalized spacial score (nSPS) is 10.9. The number of carbonyl (C=O) groups is 1. The van der Waals surface area contributed by atoms with Gasteiger partial charge in [-0.3, -0.25) is 9.89 Å². The lowest BCUT2D eigenvalue weighted by molar-refractivity contribution is 0.0950. The first-order valence-electron chi connectivity index (χ1n) is 8.11. The number of carbonyl (C=O) groups excluding carboxylic acids is 1. The van der Waals surface area contributed by atoms with Crippen LogP contribution in [0.3, 0.4) is 0 Å². The summed E-state index contributed by atoms with van der Waals surface area (Å²) in [4.78, 5) is 12.3. The molecule has 2 heterocycles. The summed E-state index contributed by atoms with van der Waals surface area (Å²) in [6.07, 6.45) is 4.42. The van der Waals surface area contributed by atoms with E-state index in [0.29, 0.717) is 12.2 Å². The van der Waals surface area contributed by atoms with Crippen LogP contribution in [0.4, 0.5) is 0 Å². The van der Waals surface area contributed by atoms with E-state index in [1.807, 2.05) is 65.5 Å². The minimum Gasteiger partial charge on any atom is -0.350 e. The molecule has 2 aromatic carbocycles. The third kappa shape index (κ3) is 3.14. The highest BCUT2D eigenvalue weighted by molar-refractivity contribution is 6.04. The predicted octanol–water partition coefficient (Wildman–Crippen LogP) is 2.72. The predicted molar refractivity (Wildman–Crippen MR) is 95.7 cm³/mol. The van der Waals surface area contributed by atoms with Crippen LogP contribution < -0.4 is 5.32 Å². The van der Waals surface area contributed by atoms with Crippen LogP contribution in [0.15, 0.2) is 67.0 Å². The molecule has 0 spiro atoms. The fourth-order valence-corrected chi connectivity index (χ4v) is 2.78. The Bertz CT molecular complexity index is 986. The molecule has 2 aromatic heterocycles. The van der Waals surface area contributed by atoms with Gasteiger partial charge < -0.3 is 5.32 Å². The van der Waals surface area contributed by atoms with E-state index in [1.54, 1.807) is 6.20 Å². The zero-order valence-electron chi connectivity index (χ0n) is 13.5. The maximum absolute atomic E-state index is 12.3. The van der Waals surface area contributed by atoms with Crippen LogP contribution in [0.2, 0.25) is 0 Å². The highest BCUT2D eigenvalue weighted by atomic mass is 16.1. The van der Waals surface area contributed by atoms with Crippen molar-refractivity contribution in [3.8, 4) is 5.69 Å². The quantitative estimate of drug-likeness (QED) is 0.590. The van der Waals surface area contributed by atoms with Crippen molar-refractivity contribution in [1.82, 2.24) is 25.3 Å². The topological polar surface area (TPSA) is 75.6 Å². The van der Waals surface area contributed by atoms with E-state index in [2.05, 4.69) is 20.6 Å². The monoisotopic (exact) mass is 331 g/mol. The second-order valence-corrected chi connectivity index (χ2v) is 5.74. The van der Waals surface area contributed by atoms with Crippen LogP contribution in [0, 0.1) is 0 Å². The number of amides is 1. The zero-order chi connectivity index (χ0) is 17.1. The van der Waals surface area contributed by atoms with Gasteiger partial charge in [0.25, 0.3) is 5.91 Å². The minimum atomic E-state index is -0.161. The van der Waals surface area contributed by atoms with E-state index in [0.717, 1.165) is 28.6 Å². The molecule has 0 fully saturated rings. The summed E-state index contributed by atoms with van der Waals surface area (Å²) in [6, 6.07) is 17.6. The number of fused-ring (bicyclic) bond motifs is 1. The Hall–Kier alpha value is -3.41. The van der Waals surface area contributed by atoms with Gasteiger partial charge in [0.15, 0.2) is 5.69 Å². The van der Waals surface area contributed by atoms with Gasteiger partial charge in [-0.05, 0) is 36.2 Å². The molecule has 0 atom stereocenters. The van der Waals surface area contributed by atoms with Crippen LogP contribution >= 0.6 is 0 Å². The Morgan fingerprint density at radius 2 is 1.92 bits per heavy atom. The number of nitrogens with zero attached hydrogens (tertiary/aromatic N) is 3. The van der Waals surface area contributed by atoms with E-state index in [4.69, 9.17) is 0 Å². The summed E-state index contributed by atoms with van der Waals surface area (Å²) in [6.45, 7) is 0.557. The van der Waals surface area contributed by atoms with Crippen molar-refractivity contribution in [3.05, 3.63) is 78.2 Å². The first-order chi connectivity index (χ1) is 12.3. The number of hydrogen-bond donors (Lipinski definition) is 2. The molecule has 0 saturated carbocycles. The Morgan fingerprint density at radius 1 is 1.08 bits per heavy atom. The van der Waals surface area contributed by atoms with Gasteiger partial charge in [-0.15, -0.1) is 0 Å². The molecule has 0 aliphatic rings. The van der Waals surface area contributed by atoms with Crippen LogP contribution in [-0.4, -0.2) is 32.4 Å². The third-order valence-corrected chi connectivity index (χ3v) is 4.09. The average molecular weight is 331 g/mol. The first-order valence-corrected chi connectivity index (χ1v) is 8.11. The van der Waals surface area contributed by atoms with Crippen LogP contribution in [-0.2, 0) is 6.42 Å². The van der Waals surface area contributed by atoms with Gasteiger partial charge in [-0.25, -0.2) is 4.68 Å². The summed E-state index contributed by atoms with van der Waals surface area (Å²) in [5, 5.41) is 15.0. The molecule has 0 saturated heterocycles. The summed E-state index contributed by atoms with van der Waals surface area (Å²) in [5.41, 5.74) is 3.47. The van der Waals surface area contributed by atoms with Gasteiger partial charge in [0.1, 0.15) is 0 Å². The molecule has 0 bridgehead atoms. The van der Waals surface area contributed by atoms with E-state index in [1.165, 1.54) is 0 Å². The van der Waals surface area contributed by atoms with Gasteiger partial charge in [0, 0.05) is 24.3 Å². The number of rotatable bonds is 5. The fourth-order valence-electron chi connectivity index (χ4n) is 2.78. The van der Waals surface area contributed by atoms with Crippen molar-refractivity contribution in [1.29, 1.82) is 0 Å². The SMILES string of the molecule is O=C(NCCc1ccc(-n2cccn2)cc1)c1n[nH]c2ccccc12. The number of para-hydroxylation sites is 1. The lowest BCUT2D eigenvalue weighted by Gasteiger charge is -2.06.